The first kappa shape index (κ1) is 20.3. The highest BCUT2D eigenvalue weighted by molar-refractivity contribution is 6.00. The van der Waals surface area contributed by atoms with Crippen LogP contribution in [0.3, 0.4) is 0 Å². The molecule has 1 heterocycles. The van der Waals surface area contributed by atoms with Gasteiger partial charge in [-0.15, -0.1) is 0 Å². The molecule has 0 N–H and O–H groups in total. The van der Waals surface area contributed by atoms with E-state index in [1.807, 2.05) is 6.92 Å². The molecule has 29 heavy (non-hydrogen) atoms. The van der Waals surface area contributed by atoms with Gasteiger partial charge in [0.2, 0.25) is 11.8 Å². The van der Waals surface area contributed by atoms with Crippen LogP contribution in [-0.4, -0.2) is 42.3 Å². The summed E-state index contributed by atoms with van der Waals surface area (Å²) in [6, 6.07) is 13.0. The Hall–Kier alpha value is -3.42. The van der Waals surface area contributed by atoms with E-state index in [1.165, 1.54) is 12.1 Å². The standard InChI is InChI=1S/C21H23N3O5/c1-14(15-5-4-6-18(11-15)24(27)28)22(2)21(26)16-12-20(25)23(13-16)17-7-9-19(29-3)10-8-17/h4-11,14,16H,12-13H2,1-3H3. The molecule has 0 aliphatic carbocycles. The maximum Gasteiger partial charge on any atom is 0.269 e. The van der Waals surface area contributed by atoms with Crippen molar-refractivity contribution in [2.45, 2.75) is 19.4 Å². The lowest BCUT2D eigenvalue weighted by Gasteiger charge is -2.27. The Kier molecular flexibility index (Phi) is 5.81. The molecule has 2 aromatic rings. The molecule has 0 aromatic heterocycles. The zero-order chi connectivity index (χ0) is 21.1. The Labute approximate surface area is 168 Å². The molecule has 8 nitrogen and oxygen atoms in total. The highest BCUT2D eigenvalue weighted by Crippen LogP contribution is 2.30. The zero-order valence-corrected chi connectivity index (χ0v) is 16.6. The van der Waals surface area contributed by atoms with E-state index in [1.54, 1.807) is 60.4 Å². The summed E-state index contributed by atoms with van der Waals surface area (Å²) < 4.78 is 5.13. The number of carbonyl (C=O) groups excluding carboxylic acids is 2. The third-order valence-electron chi connectivity index (χ3n) is 5.35. The van der Waals surface area contributed by atoms with Crippen LogP contribution >= 0.6 is 0 Å². The molecule has 2 amide bonds. The average molecular weight is 397 g/mol. The highest BCUT2D eigenvalue weighted by Gasteiger charge is 2.37. The molecule has 0 radical (unpaired) electrons. The van der Waals surface area contributed by atoms with Crippen molar-refractivity contribution in [1.29, 1.82) is 0 Å². The van der Waals surface area contributed by atoms with E-state index < -0.39 is 10.8 Å². The predicted octanol–water partition coefficient (Wildman–Crippen LogP) is 3.18. The van der Waals surface area contributed by atoms with E-state index in [9.17, 15) is 19.7 Å². The number of nitro groups is 1. The number of nitro benzene ring substituents is 1. The van der Waals surface area contributed by atoms with Crippen LogP contribution in [0.2, 0.25) is 0 Å². The SMILES string of the molecule is COc1ccc(N2CC(C(=O)N(C)C(C)c3cccc([N+](=O)[O-])c3)CC2=O)cc1. The second kappa shape index (κ2) is 8.30. The van der Waals surface area contributed by atoms with E-state index in [0.29, 0.717) is 17.9 Å². The van der Waals surface area contributed by atoms with Crippen LogP contribution in [-0.2, 0) is 9.59 Å². The first-order chi connectivity index (χ1) is 13.8. The minimum atomic E-state index is -0.462. The van der Waals surface area contributed by atoms with Crippen LogP contribution in [0.5, 0.6) is 5.75 Å². The predicted molar refractivity (Wildman–Crippen MR) is 108 cm³/mol. The number of benzene rings is 2. The molecule has 2 aromatic carbocycles. The van der Waals surface area contributed by atoms with Crippen molar-refractivity contribution in [3.05, 3.63) is 64.2 Å². The van der Waals surface area contributed by atoms with Gasteiger partial charge in [-0.05, 0) is 36.8 Å². The second-order valence-corrected chi connectivity index (χ2v) is 7.08. The molecular formula is C21H23N3O5. The smallest absolute Gasteiger partial charge is 0.269 e. The van der Waals surface area contributed by atoms with Crippen LogP contribution in [0.15, 0.2) is 48.5 Å². The Balaban J connectivity index is 1.71. The van der Waals surface area contributed by atoms with Crippen molar-refractivity contribution in [3.63, 3.8) is 0 Å². The molecular weight excluding hydrogens is 374 g/mol. The molecule has 1 fully saturated rings. The Morgan fingerprint density at radius 3 is 2.59 bits per heavy atom. The molecule has 1 saturated heterocycles. The average Bonchev–Trinajstić information content (AvgIpc) is 3.13. The number of anilines is 1. The van der Waals surface area contributed by atoms with Crippen molar-refractivity contribution in [2.24, 2.45) is 5.92 Å². The quantitative estimate of drug-likeness (QED) is 0.551. The molecule has 0 saturated carbocycles. The zero-order valence-electron chi connectivity index (χ0n) is 16.6. The molecule has 152 valence electrons. The number of amides is 2. The van der Waals surface area contributed by atoms with E-state index in [4.69, 9.17) is 4.74 Å². The summed E-state index contributed by atoms with van der Waals surface area (Å²) >= 11 is 0. The van der Waals surface area contributed by atoms with Gasteiger partial charge < -0.3 is 14.5 Å². The van der Waals surface area contributed by atoms with Gasteiger partial charge >= 0.3 is 0 Å². The Morgan fingerprint density at radius 1 is 1.28 bits per heavy atom. The first-order valence-corrected chi connectivity index (χ1v) is 9.27. The van der Waals surface area contributed by atoms with Gasteiger partial charge in [0.25, 0.3) is 5.69 Å². The minimum absolute atomic E-state index is 0.0167. The van der Waals surface area contributed by atoms with E-state index in [-0.39, 0.29) is 30.0 Å². The van der Waals surface area contributed by atoms with Crippen LogP contribution in [0.1, 0.15) is 24.9 Å². The fourth-order valence-corrected chi connectivity index (χ4v) is 3.49. The van der Waals surface area contributed by atoms with Crippen molar-refractivity contribution < 1.29 is 19.2 Å². The normalized spacial score (nSPS) is 17.1. The monoisotopic (exact) mass is 397 g/mol. The first-order valence-electron chi connectivity index (χ1n) is 9.27. The van der Waals surface area contributed by atoms with Gasteiger partial charge in [0.05, 0.1) is 24.0 Å². The molecule has 0 bridgehead atoms. The summed E-state index contributed by atoms with van der Waals surface area (Å²) in [6.45, 7) is 2.12. The van der Waals surface area contributed by atoms with Gasteiger partial charge in [-0.25, -0.2) is 0 Å². The number of carbonyl (C=O) groups is 2. The summed E-state index contributed by atoms with van der Waals surface area (Å²) in [4.78, 5) is 39.2. The van der Waals surface area contributed by atoms with Gasteiger partial charge in [0.1, 0.15) is 5.75 Å². The summed E-state index contributed by atoms with van der Waals surface area (Å²) in [6.07, 6.45) is 0.136. The molecule has 2 atom stereocenters. The molecule has 8 heteroatoms. The summed E-state index contributed by atoms with van der Waals surface area (Å²) in [5, 5.41) is 11.0. The number of ether oxygens (including phenoxy) is 1. The van der Waals surface area contributed by atoms with Crippen LogP contribution in [0, 0.1) is 16.0 Å². The lowest BCUT2D eigenvalue weighted by Crippen LogP contribution is -2.36. The van der Waals surface area contributed by atoms with Gasteiger partial charge in [0.15, 0.2) is 0 Å². The third-order valence-corrected chi connectivity index (χ3v) is 5.35. The van der Waals surface area contributed by atoms with Crippen molar-refractivity contribution in [1.82, 2.24) is 4.90 Å². The second-order valence-electron chi connectivity index (χ2n) is 7.08. The van der Waals surface area contributed by atoms with Crippen molar-refractivity contribution in [3.8, 4) is 5.75 Å². The largest absolute Gasteiger partial charge is 0.497 e. The summed E-state index contributed by atoms with van der Waals surface area (Å²) in [5.74, 6) is -0.0347. The van der Waals surface area contributed by atoms with Crippen LogP contribution in [0.4, 0.5) is 11.4 Å². The highest BCUT2D eigenvalue weighted by atomic mass is 16.6. The number of hydrogen-bond donors (Lipinski definition) is 0. The maximum atomic E-state index is 13.0. The van der Waals surface area contributed by atoms with Gasteiger partial charge in [-0.1, -0.05) is 12.1 Å². The number of nitrogens with zero attached hydrogens (tertiary/aromatic N) is 3. The maximum absolute atomic E-state index is 13.0. The Morgan fingerprint density at radius 2 is 1.97 bits per heavy atom. The lowest BCUT2D eigenvalue weighted by molar-refractivity contribution is -0.384. The van der Waals surface area contributed by atoms with E-state index in [0.717, 1.165) is 5.69 Å². The fourth-order valence-electron chi connectivity index (χ4n) is 3.49. The minimum Gasteiger partial charge on any atom is -0.497 e. The third kappa shape index (κ3) is 4.21. The van der Waals surface area contributed by atoms with Crippen molar-refractivity contribution >= 4 is 23.2 Å². The number of methoxy groups -OCH3 is 1. The summed E-state index contributed by atoms with van der Waals surface area (Å²) in [5.41, 5.74) is 1.38. The molecule has 3 rings (SSSR count). The van der Waals surface area contributed by atoms with Crippen molar-refractivity contribution in [2.75, 3.05) is 25.6 Å². The number of hydrogen-bond acceptors (Lipinski definition) is 5. The number of non-ortho nitro benzene ring substituents is 1. The molecule has 1 aliphatic rings. The molecule has 2 unspecified atom stereocenters. The topological polar surface area (TPSA) is 93.0 Å². The summed E-state index contributed by atoms with van der Waals surface area (Å²) in [7, 11) is 3.23. The lowest BCUT2D eigenvalue weighted by atomic mass is 10.0. The molecule has 1 aliphatic heterocycles. The van der Waals surface area contributed by atoms with E-state index >= 15 is 0 Å². The van der Waals surface area contributed by atoms with Gasteiger partial charge in [-0.3, -0.25) is 19.7 Å². The molecule has 0 spiro atoms. The number of rotatable bonds is 6. The van der Waals surface area contributed by atoms with E-state index in [2.05, 4.69) is 0 Å². The van der Waals surface area contributed by atoms with Gasteiger partial charge in [-0.2, -0.15) is 0 Å². The van der Waals surface area contributed by atoms with Crippen LogP contribution in [0.25, 0.3) is 0 Å². The fraction of sp³-hybridized carbons (Fsp3) is 0.333. The van der Waals surface area contributed by atoms with Crippen LogP contribution < -0.4 is 9.64 Å². The van der Waals surface area contributed by atoms with Gasteiger partial charge in [0, 0.05) is 37.8 Å². The Bertz CT molecular complexity index is 928.